The molecule has 10 heteroatoms. The Kier molecular flexibility index (Phi) is 5.21. The van der Waals surface area contributed by atoms with Crippen molar-refractivity contribution in [3.8, 4) is 5.75 Å². The van der Waals surface area contributed by atoms with Gasteiger partial charge >= 0.3 is 11.7 Å². The maximum atomic E-state index is 13.5. The molecule has 2 aromatic heterocycles. The van der Waals surface area contributed by atoms with E-state index in [4.69, 9.17) is 9.84 Å². The first kappa shape index (κ1) is 21.0. The zero-order chi connectivity index (χ0) is 23.1. The summed E-state index contributed by atoms with van der Waals surface area (Å²) in [4.78, 5) is 55.4. The molecule has 4 N–H and O–H groups in total. The van der Waals surface area contributed by atoms with Gasteiger partial charge in [0.25, 0.3) is 5.56 Å². The van der Waals surface area contributed by atoms with Crippen LogP contribution in [0.3, 0.4) is 0 Å². The van der Waals surface area contributed by atoms with Gasteiger partial charge < -0.3 is 15.2 Å². The van der Waals surface area contributed by atoms with Crippen molar-refractivity contribution in [2.24, 2.45) is 0 Å². The number of Topliss-reactive ketones (excluding diaryl/α,β-unsaturated/α-hetero) is 1. The number of aromatic nitrogens is 2. The number of ether oxygens (including phenoxy) is 1. The van der Waals surface area contributed by atoms with Crippen molar-refractivity contribution < 1.29 is 19.4 Å². The van der Waals surface area contributed by atoms with Gasteiger partial charge in [-0.3, -0.25) is 19.6 Å². The lowest BCUT2D eigenvalue weighted by atomic mass is 9.73. The van der Waals surface area contributed by atoms with Gasteiger partial charge in [-0.2, -0.15) is 0 Å². The highest BCUT2D eigenvalue weighted by Gasteiger charge is 2.41. The molecule has 2 atom stereocenters. The molecule has 0 saturated carbocycles. The normalized spacial score (nSPS) is 19.5. The van der Waals surface area contributed by atoms with Crippen LogP contribution in [0, 0.1) is 0 Å². The number of para-hydroxylation sites is 1. The number of H-pyrrole nitrogens is 2. The second kappa shape index (κ2) is 8.21. The molecular formula is C23H19N3O6S. The number of thiophene rings is 1. The third kappa shape index (κ3) is 3.78. The van der Waals surface area contributed by atoms with E-state index < -0.39 is 29.7 Å². The van der Waals surface area contributed by atoms with Crippen LogP contribution in [0.2, 0.25) is 0 Å². The molecule has 33 heavy (non-hydrogen) atoms. The molecule has 0 bridgehead atoms. The van der Waals surface area contributed by atoms with Crippen LogP contribution in [0.1, 0.15) is 40.7 Å². The number of allylic oxidation sites excluding steroid dienone is 2. The van der Waals surface area contributed by atoms with E-state index in [2.05, 4.69) is 15.3 Å². The van der Waals surface area contributed by atoms with Crippen molar-refractivity contribution >= 4 is 28.9 Å². The first-order chi connectivity index (χ1) is 15.9. The molecular weight excluding hydrogens is 446 g/mol. The quantitative estimate of drug-likeness (QED) is 0.454. The van der Waals surface area contributed by atoms with Crippen molar-refractivity contribution in [3.05, 3.63) is 89.9 Å². The highest BCUT2D eigenvalue weighted by atomic mass is 32.1. The second-order valence-electron chi connectivity index (χ2n) is 7.91. The van der Waals surface area contributed by atoms with Crippen LogP contribution >= 0.6 is 11.3 Å². The molecule has 168 valence electrons. The van der Waals surface area contributed by atoms with E-state index in [1.807, 2.05) is 17.5 Å². The fourth-order valence-corrected chi connectivity index (χ4v) is 5.41. The number of nitrogens with one attached hydrogen (secondary N) is 3. The van der Waals surface area contributed by atoms with Crippen molar-refractivity contribution in [1.29, 1.82) is 0 Å². The Morgan fingerprint density at radius 1 is 1.09 bits per heavy atom. The average molecular weight is 465 g/mol. The van der Waals surface area contributed by atoms with Crippen LogP contribution in [0.25, 0.3) is 0 Å². The number of carbonyl (C=O) groups is 2. The molecule has 2 aliphatic rings. The highest BCUT2D eigenvalue weighted by Crippen LogP contribution is 2.48. The van der Waals surface area contributed by atoms with Crippen LogP contribution in [-0.4, -0.2) is 33.4 Å². The monoisotopic (exact) mass is 465 g/mol. The van der Waals surface area contributed by atoms with Crippen LogP contribution in [0.4, 0.5) is 5.82 Å². The number of aromatic amines is 2. The summed E-state index contributed by atoms with van der Waals surface area (Å²) in [5.41, 5.74) is 0.438. The summed E-state index contributed by atoms with van der Waals surface area (Å²) < 4.78 is 5.49. The predicted molar refractivity (Wildman–Crippen MR) is 121 cm³/mol. The summed E-state index contributed by atoms with van der Waals surface area (Å²) in [5.74, 6) is -1.62. The van der Waals surface area contributed by atoms with Crippen molar-refractivity contribution in [1.82, 2.24) is 9.97 Å². The lowest BCUT2D eigenvalue weighted by Crippen LogP contribution is -2.37. The molecule has 0 saturated heterocycles. The highest BCUT2D eigenvalue weighted by molar-refractivity contribution is 7.10. The van der Waals surface area contributed by atoms with Crippen molar-refractivity contribution in [2.75, 3.05) is 11.9 Å². The van der Waals surface area contributed by atoms with Gasteiger partial charge in [0.05, 0.1) is 11.5 Å². The number of ketones is 1. The van der Waals surface area contributed by atoms with E-state index in [9.17, 15) is 19.2 Å². The molecule has 9 nitrogen and oxygen atoms in total. The molecule has 5 rings (SSSR count). The first-order valence-electron chi connectivity index (χ1n) is 10.3. The Bertz CT molecular complexity index is 1400. The zero-order valence-corrected chi connectivity index (χ0v) is 18.0. The Hall–Kier alpha value is -3.92. The van der Waals surface area contributed by atoms with Gasteiger partial charge in [-0.15, -0.1) is 11.3 Å². The maximum absolute atomic E-state index is 13.5. The van der Waals surface area contributed by atoms with Gasteiger partial charge in [0.2, 0.25) is 0 Å². The fourth-order valence-electron chi connectivity index (χ4n) is 4.58. The average Bonchev–Trinajstić information content (AvgIpc) is 3.31. The Morgan fingerprint density at radius 2 is 1.91 bits per heavy atom. The summed E-state index contributed by atoms with van der Waals surface area (Å²) in [6.45, 7) is -0.572. The number of carbonyl (C=O) groups excluding carboxylic acids is 1. The molecule has 0 amide bonds. The van der Waals surface area contributed by atoms with Crippen molar-refractivity contribution in [3.63, 3.8) is 0 Å². The Balaban J connectivity index is 1.69. The number of carboxylic acid groups (broad SMARTS) is 1. The minimum absolute atomic E-state index is 0.0156. The molecule has 1 aromatic carbocycles. The van der Waals surface area contributed by atoms with Crippen LogP contribution in [-0.2, 0) is 9.59 Å². The van der Waals surface area contributed by atoms with Gasteiger partial charge in [0.15, 0.2) is 12.4 Å². The fraction of sp³-hybridized carbons (Fsp3) is 0.217. The second-order valence-corrected chi connectivity index (χ2v) is 8.89. The standard InChI is InChI=1S/C23H19N3O6S/c27-14-9-11(16-6-3-7-33-16)8-13-19(14)18(20-21(24-13)25-23(31)26-22(20)30)12-4-1-2-5-15(12)32-10-17(28)29/h1-7,11,18H,8-10H2,(H,28,29)(H3,24,25,26,30,31)/t11-,18+/m1/s1. The number of hydrogen-bond donors (Lipinski definition) is 4. The minimum atomic E-state index is -1.15. The molecule has 0 spiro atoms. The molecule has 0 unspecified atom stereocenters. The lowest BCUT2D eigenvalue weighted by Gasteiger charge is -2.35. The molecule has 1 aliphatic heterocycles. The number of rotatable bonds is 5. The molecule has 0 fully saturated rings. The smallest absolute Gasteiger partial charge is 0.341 e. The van der Waals surface area contributed by atoms with E-state index in [1.54, 1.807) is 35.6 Å². The van der Waals surface area contributed by atoms with E-state index in [0.29, 0.717) is 23.3 Å². The SMILES string of the molecule is O=C(O)COc1ccccc1[C@H]1C2=C(C[C@@H](c3cccs3)CC2=O)Nc2[nH]c(=O)[nH]c(=O)c21. The third-order valence-electron chi connectivity index (χ3n) is 5.87. The van der Waals surface area contributed by atoms with Gasteiger partial charge in [-0.25, -0.2) is 9.59 Å². The number of fused-ring (bicyclic) bond motifs is 1. The van der Waals surface area contributed by atoms with Crippen molar-refractivity contribution in [2.45, 2.75) is 24.7 Å². The molecule has 0 radical (unpaired) electrons. The minimum Gasteiger partial charge on any atom is -0.482 e. The van der Waals surface area contributed by atoms with Crippen LogP contribution < -0.4 is 21.3 Å². The summed E-state index contributed by atoms with van der Waals surface area (Å²) in [6, 6.07) is 10.6. The molecule has 3 heterocycles. The van der Waals surface area contributed by atoms with E-state index in [0.717, 1.165) is 4.88 Å². The van der Waals surface area contributed by atoms with Gasteiger partial charge in [-0.1, -0.05) is 24.3 Å². The number of carboxylic acids is 1. The number of hydrogen-bond acceptors (Lipinski definition) is 7. The van der Waals surface area contributed by atoms with Gasteiger partial charge in [-0.05, 0) is 23.9 Å². The molecule has 3 aromatic rings. The Morgan fingerprint density at radius 3 is 2.67 bits per heavy atom. The van der Waals surface area contributed by atoms with Crippen LogP contribution in [0.15, 0.2) is 62.6 Å². The number of aliphatic carboxylic acids is 1. The first-order valence-corrected chi connectivity index (χ1v) is 11.2. The largest absolute Gasteiger partial charge is 0.482 e. The maximum Gasteiger partial charge on any atom is 0.341 e. The topological polar surface area (TPSA) is 141 Å². The number of anilines is 1. The van der Waals surface area contributed by atoms with Crippen LogP contribution in [0.5, 0.6) is 5.75 Å². The zero-order valence-electron chi connectivity index (χ0n) is 17.2. The lowest BCUT2D eigenvalue weighted by molar-refractivity contribution is -0.139. The van der Waals surface area contributed by atoms with E-state index >= 15 is 0 Å². The number of benzene rings is 1. The van der Waals surface area contributed by atoms with E-state index in [-0.39, 0.29) is 35.3 Å². The molecule has 1 aliphatic carbocycles. The Labute approximate surface area is 190 Å². The predicted octanol–water partition coefficient (Wildman–Crippen LogP) is 2.55. The van der Waals surface area contributed by atoms with Gasteiger partial charge in [0.1, 0.15) is 11.6 Å². The van der Waals surface area contributed by atoms with Gasteiger partial charge in [0, 0.05) is 34.0 Å². The summed E-state index contributed by atoms with van der Waals surface area (Å²) in [6.07, 6.45) is 0.816. The summed E-state index contributed by atoms with van der Waals surface area (Å²) >= 11 is 1.58. The third-order valence-corrected chi connectivity index (χ3v) is 6.90. The summed E-state index contributed by atoms with van der Waals surface area (Å²) in [5, 5.41) is 14.2. The van der Waals surface area contributed by atoms with E-state index in [1.165, 1.54) is 0 Å². The summed E-state index contributed by atoms with van der Waals surface area (Å²) in [7, 11) is 0.